The molecule has 0 fully saturated rings. The van der Waals surface area contributed by atoms with Gasteiger partial charge in [-0.15, -0.1) is 24.0 Å². The molecule has 0 radical (unpaired) electrons. The van der Waals surface area contributed by atoms with Crippen molar-refractivity contribution in [3.05, 3.63) is 65.2 Å². The highest BCUT2D eigenvalue weighted by molar-refractivity contribution is 14.0. The number of rotatable bonds is 9. The van der Waals surface area contributed by atoms with E-state index in [1.54, 1.807) is 0 Å². The van der Waals surface area contributed by atoms with Gasteiger partial charge in [0.05, 0.1) is 6.61 Å². The molecule has 0 saturated heterocycles. The van der Waals surface area contributed by atoms with Crippen molar-refractivity contribution in [1.82, 2.24) is 0 Å². The molecule has 0 atom stereocenters. The minimum absolute atomic E-state index is 0. The Labute approximate surface area is 174 Å². The third-order valence-electron chi connectivity index (χ3n) is 4.14. The van der Waals surface area contributed by atoms with Gasteiger partial charge in [0.25, 0.3) is 0 Å². The summed E-state index contributed by atoms with van der Waals surface area (Å²) >= 11 is 0. The summed E-state index contributed by atoms with van der Waals surface area (Å²) in [5.41, 5.74) is 10.7. The van der Waals surface area contributed by atoms with Crippen LogP contribution in [0.3, 0.4) is 0 Å². The van der Waals surface area contributed by atoms with Crippen LogP contribution >= 0.6 is 24.0 Å². The monoisotopic (exact) mass is 467 g/mol. The van der Waals surface area contributed by atoms with E-state index in [0.29, 0.717) is 12.5 Å². The molecule has 0 unspecified atom stereocenters. The minimum atomic E-state index is 0. The van der Waals surface area contributed by atoms with Crippen LogP contribution in [-0.2, 0) is 11.2 Å². The molecule has 2 aromatic carbocycles. The van der Waals surface area contributed by atoms with Crippen LogP contribution in [0, 0.1) is 13.8 Å². The molecule has 26 heavy (non-hydrogen) atoms. The van der Waals surface area contributed by atoms with Crippen molar-refractivity contribution in [3.8, 4) is 0 Å². The average Bonchev–Trinajstić information content (AvgIpc) is 2.61. The molecule has 5 heteroatoms. The SMILES string of the molecule is Cc1ccc(NC(N)=NCCCCOCCc2ccccc2)cc1C.I. The zero-order valence-corrected chi connectivity index (χ0v) is 18.0. The molecular weight excluding hydrogens is 437 g/mol. The van der Waals surface area contributed by atoms with E-state index in [9.17, 15) is 0 Å². The van der Waals surface area contributed by atoms with Gasteiger partial charge in [-0.1, -0.05) is 36.4 Å². The number of nitrogens with zero attached hydrogens (tertiary/aromatic N) is 1. The number of aliphatic imine (C=N–C) groups is 1. The highest BCUT2D eigenvalue weighted by Crippen LogP contribution is 2.13. The first-order valence-corrected chi connectivity index (χ1v) is 8.91. The van der Waals surface area contributed by atoms with Gasteiger partial charge in [0.1, 0.15) is 0 Å². The maximum absolute atomic E-state index is 5.93. The van der Waals surface area contributed by atoms with Crippen molar-refractivity contribution < 1.29 is 4.74 Å². The number of hydrogen-bond acceptors (Lipinski definition) is 2. The van der Waals surface area contributed by atoms with Crippen molar-refractivity contribution in [2.24, 2.45) is 10.7 Å². The molecule has 0 heterocycles. The first-order chi connectivity index (χ1) is 12.1. The van der Waals surface area contributed by atoms with Crippen LogP contribution in [0.15, 0.2) is 53.5 Å². The van der Waals surface area contributed by atoms with Crippen molar-refractivity contribution in [1.29, 1.82) is 0 Å². The predicted octanol–water partition coefficient (Wildman–Crippen LogP) is 4.69. The van der Waals surface area contributed by atoms with Gasteiger partial charge in [-0.2, -0.15) is 0 Å². The van der Waals surface area contributed by atoms with Gasteiger partial charge in [0, 0.05) is 18.8 Å². The Kier molecular flexibility index (Phi) is 11.0. The third-order valence-corrected chi connectivity index (χ3v) is 4.14. The number of ether oxygens (including phenoxy) is 1. The van der Waals surface area contributed by atoms with Crippen LogP contribution in [0.4, 0.5) is 5.69 Å². The molecule has 0 aliphatic carbocycles. The fourth-order valence-electron chi connectivity index (χ4n) is 2.46. The molecule has 4 nitrogen and oxygen atoms in total. The molecule has 0 spiro atoms. The van der Waals surface area contributed by atoms with E-state index in [1.807, 2.05) is 12.1 Å². The van der Waals surface area contributed by atoms with Crippen LogP contribution in [0.5, 0.6) is 0 Å². The van der Waals surface area contributed by atoms with Crippen molar-refractivity contribution in [3.63, 3.8) is 0 Å². The number of aryl methyl sites for hydroxylation is 2. The molecule has 2 rings (SSSR count). The predicted molar refractivity (Wildman–Crippen MR) is 122 cm³/mol. The van der Waals surface area contributed by atoms with E-state index in [2.05, 4.69) is 60.6 Å². The molecule has 2 aromatic rings. The summed E-state index contributed by atoms with van der Waals surface area (Å²) in [5.74, 6) is 0.466. The summed E-state index contributed by atoms with van der Waals surface area (Å²) in [7, 11) is 0. The topological polar surface area (TPSA) is 59.6 Å². The van der Waals surface area contributed by atoms with E-state index >= 15 is 0 Å². The Morgan fingerprint density at radius 1 is 1.00 bits per heavy atom. The molecular formula is C21H30IN3O. The molecule has 0 aliphatic rings. The largest absolute Gasteiger partial charge is 0.381 e. The highest BCUT2D eigenvalue weighted by atomic mass is 127. The summed E-state index contributed by atoms with van der Waals surface area (Å²) < 4.78 is 5.67. The second-order valence-corrected chi connectivity index (χ2v) is 6.25. The smallest absolute Gasteiger partial charge is 0.193 e. The first kappa shape index (κ1) is 22.4. The average molecular weight is 467 g/mol. The van der Waals surface area contributed by atoms with E-state index < -0.39 is 0 Å². The van der Waals surface area contributed by atoms with Gasteiger partial charge in [-0.25, -0.2) is 0 Å². The number of halogens is 1. The van der Waals surface area contributed by atoms with Crippen LogP contribution < -0.4 is 11.1 Å². The van der Waals surface area contributed by atoms with E-state index in [1.165, 1.54) is 16.7 Å². The quantitative estimate of drug-likeness (QED) is 0.244. The van der Waals surface area contributed by atoms with Crippen LogP contribution in [0.2, 0.25) is 0 Å². The third kappa shape index (κ3) is 8.67. The lowest BCUT2D eigenvalue weighted by Gasteiger charge is -2.08. The number of anilines is 1. The normalized spacial score (nSPS) is 11.1. The molecule has 0 amide bonds. The van der Waals surface area contributed by atoms with E-state index in [0.717, 1.165) is 38.2 Å². The Balaban J connectivity index is 0.00000338. The molecule has 0 bridgehead atoms. The zero-order chi connectivity index (χ0) is 17.9. The number of nitrogens with two attached hydrogens (primary N) is 1. The van der Waals surface area contributed by atoms with Gasteiger partial charge in [-0.05, 0) is 61.9 Å². The second kappa shape index (κ2) is 12.7. The van der Waals surface area contributed by atoms with E-state index in [-0.39, 0.29) is 24.0 Å². The Hall–Kier alpha value is -1.60. The standard InChI is InChI=1S/C21H29N3O.HI/c1-17-10-11-20(16-18(17)2)24-21(22)23-13-6-7-14-25-15-12-19-8-4-3-5-9-19;/h3-5,8-11,16H,6-7,12-15H2,1-2H3,(H3,22,23,24);1H. The maximum Gasteiger partial charge on any atom is 0.193 e. The fraction of sp³-hybridized carbons (Fsp3) is 0.381. The van der Waals surface area contributed by atoms with Crippen LogP contribution in [-0.4, -0.2) is 25.7 Å². The number of hydrogen-bond donors (Lipinski definition) is 2. The molecule has 0 saturated carbocycles. The first-order valence-electron chi connectivity index (χ1n) is 8.91. The fourth-order valence-corrected chi connectivity index (χ4v) is 2.46. The minimum Gasteiger partial charge on any atom is -0.381 e. The van der Waals surface area contributed by atoms with E-state index in [4.69, 9.17) is 10.5 Å². The number of benzene rings is 2. The lowest BCUT2D eigenvalue weighted by molar-refractivity contribution is 0.134. The summed E-state index contributed by atoms with van der Waals surface area (Å²) in [6.07, 6.45) is 2.93. The number of nitrogens with one attached hydrogen (secondary N) is 1. The lowest BCUT2D eigenvalue weighted by Crippen LogP contribution is -2.23. The van der Waals surface area contributed by atoms with Crippen LogP contribution in [0.25, 0.3) is 0 Å². The Morgan fingerprint density at radius 3 is 2.50 bits per heavy atom. The van der Waals surface area contributed by atoms with Crippen molar-refractivity contribution in [2.75, 3.05) is 25.1 Å². The molecule has 0 aliphatic heterocycles. The number of unbranched alkanes of at least 4 members (excludes halogenated alkanes) is 1. The summed E-state index contributed by atoms with van der Waals surface area (Å²) in [6, 6.07) is 16.6. The maximum atomic E-state index is 5.93. The highest BCUT2D eigenvalue weighted by Gasteiger charge is 1.98. The Bertz CT molecular complexity index is 674. The number of guanidine groups is 1. The van der Waals surface area contributed by atoms with Crippen molar-refractivity contribution in [2.45, 2.75) is 33.1 Å². The van der Waals surface area contributed by atoms with Crippen molar-refractivity contribution >= 4 is 35.6 Å². The zero-order valence-electron chi connectivity index (χ0n) is 15.7. The summed E-state index contributed by atoms with van der Waals surface area (Å²) in [6.45, 7) is 6.44. The summed E-state index contributed by atoms with van der Waals surface area (Å²) in [5, 5.41) is 3.14. The molecule has 142 valence electrons. The summed E-state index contributed by atoms with van der Waals surface area (Å²) in [4.78, 5) is 4.36. The Morgan fingerprint density at radius 2 is 1.77 bits per heavy atom. The van der Waals surface area contributed by atoms with Gasteiger partial charge in [-0.3, -0.25) is 4.99 Å². The molecule has 0 aromatic heterocycles. The lowest BCUT2D eigenvalue weighted by atomic mass is 10.1. The van der Waals surface area contributed by atoms with Crippen LogP contribution in [0.1, 0.15) is 29.5 Å². The second-order valence-electron chi connectivity index (χ2n) is 6.25. The van der Waals surface area contributed by atoms with Gasteiger partial charge < -0.3 is 15.8 Å². The van der Waals surface area contributed by atoms with Gasteiger partial charge >= 0.3 is 0 Å². The molecule has 3 N–H and O–H groups in total. The van der Waals surface area contributed by atoms with Gasteiger partial charge in [0.2, 0.25) is 0 Å². The van der Waals surface area contributed by atoms with Gasteiger partial charge in [0.15, 0.2) is 5.96 Å².